The van der Waals surface area contributed by atoms with Crippen molar-refractivity contribution in [1.82, 2.24) is 14.3 Å². The number of anilines is 1. The maximum absolute atomic E-state index is 15.0. The Hall–Kier alpha value is -3.70. The highest BCUT2D eigenvalue weighted by Gasteiger charge is 2.39. The van der Waals surface area contributed by atoms with Gasteiger partial charge < -0.3 is 10.1 Å². The van der Waals surface area contributed by atoms with E-state index in [9.17, 15) is 27.2 Å². The van der Waals surface area contributed by atoms with Gasteiger partial charge in [0, 0.05) is 19.0 Å². The molecule has 0 aliphatic carbocycles. The number of carbonyl (C=O) groups excluding carboxylic acids is 1. The number of rotatable bonds is 6. The van der Waals surface area contributed by atoms with E-state index in [-0.39, 0.29) is 11.6 Å². The predicted octanol–water partition coefficient (Wildman–Crippen LogP) is 4.55. The van der Waals surface area contributed by atoms with E-state index in [1.165, 1.54) is 29.8 Å². The quantitative estimate of drug-likeness (QED) is 0.521. The fourth-order valence-electron chi connectivity index (χ4n) is 3.10. The van der Waals surface area contributed by atoms with Crippen molar-refractivity contribution in [2.75, 3.05) is 5.32 Å². The number of amides is 1. The molecule has 1 heterocycles. The summed E-state index contributed by atoms with van der Waals surface area (Å²) in [4.78, 5) is 25.3. The zero-order chi connectivity index (χ0) is 25.4. The third-order valence-electron chi connectivity index (χ3n) is 4.94. The van der Waals surface area contributed by atoms with Gasteiger partial charge in [-0.15, -0.1) is 5.10 Å². The molecule has 0 spiro atoms. The van der Waals surface area contributed by atoms with Gasteiger partial charge in [-0.05, 0) is 25.1 Å². The van der Waals surface area contributed by atoms with Crippen molar-refractivity contribution in [2.45, 2.75) is 39.0 Å². The van der Waals surface area contributed by atoms with Gasteiger partial charge in [-0.3, -0.25) is 9.36 Å². The summed E-state index contributed by atoms with van der Waals surface area (Å²) in [5.41, 5.74) is -2.16. The summed E-state index contributed by atoms with van der Waals surface area (Å²) >= 11 is 0. The highest BCUT2D eigenvalue weighted by Crippen LogP contribution is 2.31. The molecular formula is C22H21F5N4O3. The minimum absolute atomic E-state index is 0.214. The zero-order valence-electron chi connectivity index (χ0n) is 18.6. The highest BCUT2D eigenvalue weighted by atomic mass is 19.4. The van der Waals surface area contributed by atoms with E-state index in [4.69, 9.17) is 4.74 Å². The monoisotopic (exact) mass is 484 g/mol. The van der Waals surface area contributed by atoms with Crippen LogP contribution in [-0.2, 0) is 7.05 Å². The minimum Gasteiger partial charge on any atom is -0.480 e. The summed E-state index contributed by atoms with van der Waals surface area (Å²) in [6, 6.07) is 6.47. The zero-order valence-corrected chi connectivity index (χ0v) is 18.6. The van der Waals surface area contributed by atoms with Gasteiger partial charge >= 0.3 is 11.9 Å². The summed E-state index contributed by atoms with van der Waals surface area (Å²) in [5, 5.41) is 6.24. The summed E-state index contributed by atoms with van der Waals surface area (Å²) in [5.74, 6) is -3.62. The molecule has 0 saturated carbocycles. The molecule has 1 amide bonds. The molecule has 0 bridgehead atoms. The van der Waals surface area contributed by atoms with Crippen LogP contribution in [-0.4, -0.2) is 32.5 Å². The number of halogens is 5. The molecule has 3 aromatic rings. The SMILES string of the molecule is CC(C)c1nn(-c2cc(O[C@@H](C)C(F)(F)F)c(C(=O)Nc3ccccc3F)cc2F)c(=O)n1C. The minimum atomic E-state index is -4.81. The van der Waals surface area contributed by atoms with Gasteiger partial charge in [-0.2, -0.15) is 17.9 Å². The van der Waals surface area contributed by atoms with E-state index in [1.807, 2.05) is 0 Å². The first-order valence-electron chi connectivity index (χ1n) is 10.1. The molecule has 182 valence electrons. The van der Waals surface area contributed by atoms with Crippen LogP contribution in [0, 0.1) is 11.6 Å². The number of carbonyl (C=O) groups is 1. The number of alkyl halides is 3. The van der Waals surface area contributed by atoms with Gasteiger partial charge in [0.15, 0.2) is 6.10 Å². The molecule has 2 aromatic carbocycles. The Morgan fingerprint density at radius 1 is 1.09 bits per heavy atom. The molecule has 0 fully saturated rings. The van der Waals surface area contributed by atoms with Gasteiger partial charge in [0.25, 0.3) is 5.91 Å². The number of hydrogen-bond acceptors (Lipinski definition) is 4. The number of nitrogens with zero attached hydrogens (tertiary/aromatic N) is 3. The van der Waals surface area contributed by atoms with Crippen molar-refractivity contribution in [3.8, 4) is 11.4 Å². The van der Waals surface area contributed by atoms with Crippen molar-refractivity contribution in [1.29, 1.82) is 0 Å². The number of ether oxygens (including phenoxy) is 1. The van der Waals surface area contributed by atoms with Crippen molar-refractivity contribution in [3.05, 3.63) is 69.9 Å². The normalized spacial score (nSPS) is 12.6. The molecule has 0 aliphatic rings. The first-order chi connectivity index (χ1) is 15.8. The Bertz CT molecular complexity index is 1280. The van der Waals surface area contributed by atoms with Crippen LogP contribution < -0.4 is 15.7 Å². The summed E-state index contributed by atoms with van der Waals surface area (Å²) in [7, 11) is 1.42. The first-order valence-corrected chi connectivity index (χ1v) is 10.1. The topological polar surface area (TPSA) is 78.2 Å². The van der Waals surface area contributed by atoms with Crippen LogP contribution in [0.3, 0.4) is 0 Å². The van der Waals surface area contributed by atoms with Gasteiger partial charge in [0.2, 0.25) is 0 Å². The largest absolute Gasteiger partial charge is 0.480 e. The lowest BCUT2D eigenvalue weighted by molar-refractivity contribution is -0.189. The van der Waals surface area contributed by atoms with E-state index in [1.54, 1.807) is 13.8 Å². The maximum Gasteiger partial charge on any atom is 0.425 e. The number of para-hydroxylation sites is 1. The van der Waals surface area contributed by atoms with E-state index in [0.29, 0.717) is 23.5 Å². The Morgan fingerprint density at radius 3 is 2.29 bits per heavy atom. The molecule has 3 rings (SSSR count). The molecular weight excluding hydrogens is 463 g/mol. The standard InChI is InChI=1S/C22H21F5N4O3/c1-11(2)19-29-31(21(33)30(19)4)17-10-18(34-12(3)22(25,26)27)13(9-15(17)24)20(32)28-16-8-6-5-7-14(16)23/h5-12H,1-4H3,(H,28,32)/t12-/m0/s1. The smallest absolute Gasteiger partial charge is 0.425 e. The lowest BCUT2D eigenvalue weighted by Crippen LogP contribution is -2.32. The lowest BCUT2D eigenvalue weighted by Gasteiger charge is -2.20. The number of aromatic nitrogens is 3. The Labute approximate surface area is 190 Å². The fourth-order valence-corrected chi connectivity index (χ4v) is 3.10. The molecule has 0 radical (unpaired) electrons. The second kappa shape index (κ2) is 9.27. The number of hydrogen-bond donors (Lipinski definition) is 1. The van der Waals surface area contributed by atoms with Crippen molar-refractivity contribution in [3.63, 3.8) is 0 Å². The van der Waals surface area contributed by atoms with E-state index >= 15 is 4.39 Å². The number of benzene rings is 2. The average Bonchev–Trinajstić information content (AvgIpc) is 3.04. The van der Waals surface area contributed by atoms with Gasteiger partial charge in [-0.25, -0.2) is 13.6 Å². The second-order valence-electron chi connectivity index (χ2n) is 7.80. The molecule has 7 nitrogen and oxygen atoms in total. The molecule has 1 atom stereocenters. The first kappa shape index (κ1) is 24.9. The van der Waals surface area contributed by atoms with Crippen LogP contribution in [0.1, 0.15) is 42.9 Å². The van der Waals surface area contributed by atoms with Crippen LogP contribution in [0.4, 0.5) is 27.6 Å². The molecule has 12 heteroatoms. The van der Waals surface area contributed by atoms with Crippen LogP contribution >= 0.6 is 0 Å². The summed E-state index contributed by atoms with van der Waals surface area (Å²) in [6.45, 7) is 4.20. The highest BCUT2D eigenvalue weighted by molar-refractivity contribution is 6.06. The van der Waals surface area contributed by atoms with E-state index in [2.05, 4.69) is 10.4 Å². The summed E-state index contributed by atoms with van der Waals surface area (Å²) < 4.78 is 75.2. The fraction of sp³-hybridized carbons (Fsp3) is 0.318. The van der Waals surface area contributed by atoms with Crippen molar-refractivity contribution in [2.24, 2.45) is 7.05 Å². The molecule has 1 aromatic heterocycles. The lowest BCUT2D eigenvalue weighted by atomic mass is 10.1. The van der Waals surface area contributed by atoms with Gasteiger partial charge in [-0.1, -0.05) is 26.0 Å². The Morgan fingerprint density at radius 2 is 1.74 bits per heavy atom. The molecule has 1 N–H and O–H groups in total. The molecule has 0 saturated heterocycles. The number of nitrogens with one attached hydrogen (secondary N) is 1. The Kier molecular flexibility index (Phi) is 6.80. The van der Waals surface area contributed by atoms with E-state index < -0.39 is 52.5 Å². The molecule has 0 aliphatic heterocycles. The Balaban J connectivity index is 2.14. The van der Waals surface area contributed by atoms with Gasteiger partial charge in [0.1, 0.15) is 28.9 Å². The van der Waals surface area contributed by atoms with Crippen molar-refractivity contribution < 1.29 is 31.5 Å². The summed E-state index contributed by atoms with van der Waals surface area (Å²) in [6.07, 6.45) is -7.18. The van der Waals surface area contributed by atoms with Gasteiger partial charge in [0.05, 0.1) is 11.3 Å². The third-order valence-corrected chi connectivity index (χ3v) is 4.94. The second-order valence-corrected chi connectivity index (χ2v) is 7.80. The predicted molar refractivity (Wildman–Crippen MR) is 113 cm³/mol. The average molecular weight is 484 g/mol. The molecule has 0 unspecified atom stereocenters. The molecule has 34 heavy (non-hydrogen) atoms. The van der Waals surface area contributed by atoms with E-state index in [0.717, 1.165) is 12.1 Å². The van der Waals surface area contributed by atoms with Crippen LogP contribution in [0.25, 0.3) is 5.69 Å². The van der Waals surface area contributed by atoms with Crippen LogP contribution in [0.5, 0.6) is 5.75 Å². The van der Waals surface area contributed by atoms with Crippen LogP contribution in [0.15, 0.2) is 41.2 Å². The maximum atomic E-state index is 15.0. The third kappa shape index (κ3) is 4.95. The van der Waals surface area contributed by atoms with Crippen LogP contribution in [0.2, 0.25) is 0 Å². The van der Waals surface area contributed by atoms with Crippen molar-refractivity contribution >= 4 is 11.6 Å².